The number of aldehydes is 1. The van der Waals surface area contributed by atoms with Crippen LogP contribution in [0.5, 0.6) is 0 Å². The van der Waals surface area contributed by atoms with Crippen LogP contribution in [0.1, 0.15) is 32.6 Å². The second kappa shape index (κ2) is 6.10. The minimum atomic E-state index is -0.872. The molecule has 6 nitrogen and oxygen atoms in total. The van der Waals surface area contributed by atoms with Crippen molar-refractivity contribution in [2.75, 3.05) is 7.05 Å². The lowest BCUT2D eigenvalue weighted by Crippen LogP contribution is -2.37. The first kappa shape index (κ1) is 15.6. The SMILES string of the molecule is CN(C(=O)OC(C)(C)C)C(C=O)c1ncc(Br)cn1. The van der Waals surface area contributed by atoms with Crippen molar-refractivity contribution in [3.05, 3.63) is 22.7 Å². The Kier molecular flexibility index (Phi) is 4.99. The molecule has 1 aromatic heterocycles. The zero-order chi connectivity index (χ0) is 14.6. The maximum absolute atomic E-state index is 11.9. The van der Waals surface area contributed by atoms with Crippen molar-refractivity contribution in [3.8, 4) is 0 Å². The summed E-state index contributed by atoms with van der Waals surface area (Å²) in [6, 6.07) is -0.872. The predicted octanol–water partition coefficient (Wildman–Crippen LogP) is 2.35. The smallest absolute Gasteiger partial charge is 0.411 e. The molecule has 1 unspecified atom stereocenters. The third-order valence-corrected chi connectivity index (χ3v) is 2.54. The van der Waals surface area contributed by atoms with Gasteiger partial charge in [0.2, 0.25) is 0 Å². The molecule has 0 aliphatic carbocycles. The zero-order valence-corrected chi connectivity index (χ0v) is 12.8. The van der Waals surface area contributed by atoms with Crippen molar-refractivity contribution < 1.29 is 14.3 Å². The Hall–Kier alpha value is -1.50. The molecule has 104 valence electrons. The largest absolute Gasteiger partial charge is 0.444 e. The number of ether oxygens (including phenoxy) is 1. The lowest BCUT2D eigenvalue weighted by Gasteiger charge is -2.27. The minimum Gasteiger partial charge on any atom is -0.444 e. The van der Waals surface area contributed by atoms with E-state index in [1.54, 1.807) is 20.8 Å². The third kappa shape index (κ3) is 4.59. The number of hydrogen-bond donors (Lipinski definition) is 0. The van der Waals surface area contributed by atoms with Crippen molar-refractivity contribution in [3.63, 3.8) is 0 Å². The normalized spacial score (nSPS) is 12.7. The van der Waals surface area contributed by atoms with E-state index in [0.717, 1.165) is 0 Å². The number of halogens is 1. The Morgan fingerprint density at radius 1 is 1.42 bits per heavy atom. The summed E-state index contributed by atoms with van der Waals surface area (Å²) >= 11 is 3.20. The topological polar surface area (TPSA) is 72.4 Å². The molecule has 0 radical (unpaired) electrons. The van der Waals surface area contributed by atoms with Gasteiger partial charge in [0.1, 0.15) is 17.9 Å². The molecule has 0 spiro atoms. The van der Waals surface area contributed by atoms with Gasteiger partial charge in [0.15, 0.2) is 5.82 Å². The molecule has 19 heavy (non-hydrogen) atoms. The van der Waals surface area contributed by atoms with Crippen molar-refractivity contribution >= 4 is 28.3 Å². The number of carbonyl (C=O) groups excluding carboxylic acids is 2. The fourth-order valence-electron chi connectivity index (χ4n) is 1.25. The summed E-state index contributed by atoms with van der Waals surface area (Å²) in [5, 5.41) is 0. The minimum absolute atomic E-state index is 0.242. The van der Waals surface area contributed by atoms with Crippen LogP contribution in [0.4, 0.5) is 4.79 Å². The van der Waals surface area contributed by atoms with Crippen LogP contribution < -0.4 is 0 Å². The van der Waals surface area contributed by atoms with E-state index >= 15 is 0 Å². The summed E-state index contributed by atoms with van der Waals surface area (Å²) in [4.78, 5) is 32.2. The highest BCUT2D eigenvalue weighted by Gasteiger charge is 2.27. The predicted molar refractivity (Wildman–Crippen MR) is 72.5 cm³/mol. The molecule has 1 amide bonds. The number of carbonyl (C=O) groups is 2. The fraction of sp³-hybridized carbons (Fsp3) is 0.500. The Morgan fingerprint density at radius 2 is 1.95 bits per heavy atom. The molecule has 0 aliphatic heterocycles. The number of amides is 1. The first-order chi connectivity index (χ1) is 8.74. The second-order valence-electron chi connectivity index (χ2n) is 4.93. The summed E-state index contributed by atoms with van der Waals surface area (Å²) in [7, 11) is 1.47. The number of rotatable bonds is 3. The van der Waals surface area contributed by atoms with E-state index < -0.39 is 17.7 Å². The number of aromatic nitrogens is 2. The van der Waals surface area contributed by atoms with Gasteiger partial charge >= 0.3 is 6.09 Å². The van der Waals surface area contributed by atoms with E-state index in [1.165, 1.54) is 24.3 Å². The maximum Gasteiger partial charge on any atom is 0.411 e. The van der Waals surface area contributed by atoms with Crippen LogP contribution in [0.2, 0.25) is 0 Å². The Labute approximate surface area is 120 Å². The summed E-state index contributed by atoms with van der Waals surface area (Å²) in [6.07, 6.45) is 3.03. The van der Waals surface area contributed by atoms with Crippen LogP contribution >= 0.6 is 15.9 Å². The van der Waals surface area contributed by atoms with E-state index in [4.69, 9.17) is 4.74 Å². The van der Waals surface area contributed by atoms with Crippen LogP contribution in [0.3, 0.4) is 0 Å². The van der Waals surface area contributed by atoms with Crippen LogP contribution in [-0.2, 0) is 9.53 Å². The molecule has 7 heteroatoms. The van der Waals surface area contributed by atoms with Crippen LogP contribution in [0, 0.1) is 0 Å². The van der Waals surface area contributed by atoms with Gasteiger partial charge in [-0.2, -0.15) is 0 Å². The first-order valence-corrected chi connectivity index (χ1v) is 6.42. The van der Waals surface area contributed by atoms with Gasteiger partial charge in [-0.05, 0) is 36.7 Å². The number of hydrogen-bond acceptors (Lipinski definition) is 5. The molecular weight excluding hydrogens is 314 g/mol. The van der Waals surface area contributed by atoms with Gasteiger partial charge in [-0.1, -0.05) is 0 Å². The van der Waals surface area contributed by atoms with Crippen molar-refractivity contribution in [2.24, 2.45) is 0 Å². The monoisotopic (exact) mass is 329 g/mol. The van der Waals surface area contributed by atoms with Crippen molar-refractivity contribution in [1.29, 1.82) is 0 Å². The van der Waals surface area contributed by atoms with Crippen molar-refractivity contribution in [1.82, 2.24) is 14.9 Å². The summed E-state index contributed by atoms with van der Waals surface area (Å²) in [5.41, 5.74) is -0.626. The molecule has 0 fully saturated rings. The average molecular weight is 330 g/mol. The fourth-order valence-corrected chi connectivity index (χ4v) is 1.45. The van der Waals surface area contributed by atoms with Gasteiger partial charge in [-0.25, -0.2) is 14.8 Å². The number of nitrogens with zero attached hydrogens (tertiary/aromatic N) is 3. The molecule has 0 saturated heterocycles. The summed E-state index contributed by atoms with van der Waals surface area (Å²) in [5.74, 6) is 0.242. The summed E-state index contributed by atoms with van der Waals surface area (Å²) < 4.78 is 5.89. The first-order valence-electron chi connectivity index (χ1n) is 5.63. The molecular formula is C12H16BrN3O3. The second-order valence-corrected chi connectivity index (χ2v) is 5.85. The average Bonchev–Trinajstić information content (AvgIpc) is 2.30. The van der Waals surface area contributed by atoms with Gasteiger partial charge in [0, 0.05) is 19.4 Å². The quantitative estimate of drug-likeness (QED) is 0.796. The van der Waals surface area contributed by atoms with E-state index in [1.807, 2.05) is 0 Å². The lowest BCUT2D eigenvalue weighted by atomic mass is 10.2. The highest BCUT2D eigenvalue weighted by Crippen LogP contribution is 2.18. The van der Waals surface area contributed by atoms with E-state index in [9.17, 15) is 9.59 Å². The lowest BCUT2D eigenvalue weighted by molar-refractivity contribution is -0.112. The molecule has 0 aliphatic rings. The number of likely N-dealkylation sites (N-methyl/N-ethyl adjacent to an activating group) is 1. The molecule has 1 rings (SSSR count). The zero-order valence-electron chi connectivity index (χ0n) is 11.3. The van der Waals surface area contributed by atoms with E-state index in [2.05, 4.69) is 25.9 Å². The maximum atomic E-state index is 11.9. The highest BCUT2D eigenvalue weighted by molar-refractivity contribution is 9.10. The van der Waals surface area contributed by atoms with Gasteiger partial charge in [-0.3, -0.25) is 4.90 Å². The summed E-state index contributed by atoms with van der Waals surface area (Å²) in [6.45, 7) is 5.26. The van der Waals surface area contributed by atoms with Crippen LogP contribution in [-0.4, -0.2) is 39.9 Å². The Balaban J connectivity index is 2.88. The van der Waals surface area contributed by atoms with Gasteiger partial charge < -0.3 is 9.53 Å². The molecule has 0 aromatic carbocycles. The van der Waals surface area contributed by atoms with E-state index in [-0.39, 0.29) is 5.82 Å². The van der Waals surface area contributed by atoms with Crippen LogP contribution in [0.25, 0.3) is 0 Å². The molecule has 1 atom stereocenters. The van der Waals surface area contributed by atoms with Gasteiger partial charge in [0.25, 0.3) is 0 Å². The Morgan fingerprint density at radius 3 is 2.37 bits per heavy atom. The van der Waals surface area contributed by atoms with Crippen LogP contribution in [0.15, 0.2) is 16.9 Å². The van der Waals surface area contributed by atoms with Crippen molar-refractivity contribution in [2.45, 2.75) is 32.4 Å². The molecule has 0 N–H and O–H groups in total. The molecule has 1 aromatic rings. The molecule has 0 saturated carbocycles. The highest BCUT2D eigenvalue weighted by atomic mass is 79.9. The van der Waals surface area contributed by atoms with Gasteiger partial charge in [-0.15, -0.1) is 0 Å². The van der Waals surface area contributed by atoms with E-state index in [0.29, 0.717) is 10.8 Å². The standard InChI is InChI=1S/C12H16BrN3O3/c1-12(2,3)19-11(18)16(4)9(7-17)10-14-5-8(13)6-15-10/h5-7,9H,1-4H3. The molecule has 1 heterocycles. The van der Waals surface area contributed by atoms with Gasteiger partial charge in [0.05, 0.1) is 4.47 Å². The molecule has 0 bridgehead atoms. The third-order valence-electron chi connectivity index (χ3n) is 2.13. The Bertz CT molecular complexity index is 456.